The number of nitrogens with zero attached hydrogens (tertiary/aromatic N) is 4. The van der Waals surface area contributed by atoms with Crippen molar-refractivity contribution in [2.45, 2.75) is 52.0 Å². The van der Waals surface area contributed by atoms with Gasteiger partial charge in [0.1, 0.15) is 11.3 Å². The predicted octanol–water partition coefficient (Wildman–Crippen LogP) is 1.42. The summed E-state index contributed by atoms with van der Waals surface area (Å²) >= 11 is 0. The Labute approximate surface area is 159 Å². The van der Waals surface area contributed by atoms with Gasteiger partial charge in [0.15, 0.2) is 0 Å². The molecule has 1 aromatic rings. The molecule has 2 aliphatic heterocycles. The first-order valence-electron chi connectivity index (χ1n) is 9.23. The van der Waals surface area contributed by atoms with E-state index in [9.17, 15) is 14.7 Å². The lowest BCUT2D eigenvalue weighted by Crippen LogP contribution is -2.40. The molecule has 0 aliphatic carbocycles. The van der Waals surface area contributed by atoms with Gasteiger partial charge in [-0.05, 0) is 20.8 Å². The topological polar surface area (TPSA) is 87.9 Å². The fourth-order valence-electron chi connectivity index (χ4n) is 3.58. The monoisotopic (exact) mass is 376 g/mol. The van der Waals surface area contributed by atoms with Crippen molar-refractivity contribution in [3.8, 4) is 0 Å². The number of aliphatic hydroxyl groups is 1. The van der Waals surface area contributed by atoms with Crippen LogP contribution < -0.4 is 0 Å². The van der Waals surface area contributed by atoms with Crippen LogP contribution in [0, 0.1) is 5.92 Å². The molecule has 0 bridgehead atoms. The zero-order chi connectivity index (χ0) is 19.9. The lowest BCUT2D eigenvalue weighted by Gasteiger charge is -2.30. The molecule has 0 aromatic carbocycles. The molecule has 8 heteroatoms. The Morgan fingerprint density at radius 2 is 2.11 bits per heavy atom. The minimum absolute atomic E-state index is 0.145. The molecule has 2 amide bonds. The maximum atomic E-state index is 13.0. The lowest BCUT2D eigenvalue weighted by molar-refractivity contribution is 0.0222. The third kappa shape index (κ3) is 3.85. The third-order valence-corrected chi connectivity index (χ3v) is 4.94. The average Bonchev–Trinajstić information content (AvgIpc) is 2.89. The number of aliphatic hydroxyl groups excluding tert-OH is 1. The van der Waals surface area contributed by atoms with Crippen LogP contribution in [0.3, 0.4) is 0 Å². The molecular formula is C19H28N4O4. The highest BCUT2D eigenvalue weighted by atomic mass is 16.6. The molecule has 27 heavy (non-hydrogen) atoms. The van der Waals surface area contributed by atoms with Crippen molar-refractivity contribution in [2.75, 3.05) is 20.1 Å². The summed E-state index contributed by atoms with van der Waals surface area (Å²) in [6.45, 7) is 10.8. The van der Waals surface area contributed by atoms with E-state index in [-0.39, 0.29) is 17.9 Å². The summed E-state index contributed by atoms with van der Waals surface area (Å²) in [5.74, 6) is -0.324. The van der Waals surface area contributed by atoms with E-state index in [0.717, 1.165) is 11.3 Å². The normalized spacial score (nSPS) is 21.2. The lowest BCUT2D eigenvalue weighted by atomic mass is 10.0. The van der Waals surface area contributed by atoms with Crippen LogP contribution in [0.2, 0.25) is 0 Å². The molecule has 8 nitrogen and oxygen atoms in total. The summed E-state index contributed by atoms with van der Waals surface area (Å²) in [7, 11) is 1.72. The van der Waals surface area contributed by atoms with Gasteiger partial charge >= 0.3 is 6.09 Å². The third-order valence-electron chi connectivity index (χ3n) is 4.94. The van der Waals surface area contributed by atoms with E-state index in [1.54, 1.807) is 21.5 Å². The Morgan fingerprint density at radius 3 is 2.74 bits per heavy atom. The Hall–Kier alpha value is -2.35. The van der Waals surface area contributed by atoms with Crippen LogP contribution in [-0.4, -0.2) is 68.5 Å². The van der Waals surface area contributed by atoms with Gasteiger partial charge in [0, 0.05) is 44.6 Å². The van der Waals surface area contributed by atoms with E-state index < -0.39 is 11.7 Å². The maximum absolute atomic E-state index is 13.0. The van der Waals surface area contributed by atoms with Crippen molar-refractivity contribution >= 4 is 12.0 Å². The zero-order valence-corrected chi connectivity index (χ0v) is 16.4. The van der Waals surface area contributed by atoms with Crippen molar-refractivity contribution in [2.24, 2.45) is 5.92 Å². The fourth-order valence-corrected chi connectivity index (χ4v) is 3.58. The van der Waals surface area contributed by atoms with Gasteiger partial charge in [-0.2, -0.15) is 5.10 Å². The van der Waals surface area contributed by atoms with E-state index in [0.29, 0.717) is 38.3 Å². The van der Waals surface area contributed by atoms with Gasteiger partial charge in [-0.1, -0.05) is 6.08 Å². The Balaban J connectivity index is 1.91. The summed E-state index contributed by atoms with van der Waals surface area (Å²) in [6, 6.07) is 0. The number of aromatic nitrogens is 2. The zero-order valence-electron chi connectivity index (χ0n) is 16.4. The number of ether oxygens (including phenoxy) is 1. The van der Waals surface area contributed by atoms with Gasteiger partial charge in [-0.3, -0.25) is 9.48 Å². The quantitative estimate of drug-likeness (QED) is 0.789. The Bertz CT molecular complexity index is 764. The van der Waals surface area contributed by atoms with Crippen LogP contribution in [-0.2, 0) is 24.2 Å². The summed E-state index contributed by atoms with van der Waals surface area (Å²) in [5.41, 5.74) is 1.54. The molecule has 0 radical (unpaired) electrons. The maximum Gasteiger partial charge on any atom is 0.410 e. The van der Waals surface area contributed by atoms with E-state index in [1.165, 1.54) is 6.08 Å². The molecular weight excluding hydrogens is 348 g/mol. The molecule has 2 atom stereocenters. The van der Waals surface area contributed by atoms with Crippen LogP contribution in [0.5, 0.6) is 0 Å². The highest BCUT2D eigenvalue weighted by Gasteiger charge is 2.36. The minimum Gasteiger partial charge on any atom is -0.444 e. The highest BCUT2D eigenvalue weighted by molar-refractivity contribution is 5.94. The molecule has 148 valence electrons. The molecule has 3 rings (SSSR count). The molecule has 3 heterocycles. The standard InChI is InChI=1S/C19H28N4O4/c1-6-15(24)12-9-21(5)17(25)16-13-11-22(18(26)27-19(2,3)4)8-7-14(13)20-23(16)10-12/h6,12,15,24H,1,7-11H2,2-5H3/t12-,15+/m0/s1. The van der Waals surface area contributed by atoms with Crippen LogP contribution in [0.25, 0.3) is 0 Å². The van der Waals surface area contributed by atoms with Gasteiger partial charge < -0.3 is 19.6 Å². The molecule has 0 saturated carbocycles. The Kier molecular flexibility index (Phi) is 5.03. The molecule has 1 N–H and O–H groups in total. The summed E-state index contributed by atoms with van der Waals surface area (Å²) in [4.78, 5) is 28.6. The van der Waals surface area contributed by atoms with E-state index in [1.807, 2.05) is 20.8 Å². The number of amides is 2. The number of hydrogen-bond acceptors (Lipinski definition) is 5. The Morgan fingerprint density at radius 1 is 1.41 bits per heavy atom. The second-order valence-corrected chi connectivity index (χ2v) is 8.28. The number of fused-ring (bicyclic) bond motifs is 3. The number of carbonyl (C=O) groups is 2. The van der Waals surface area contributed by atoms with Gasteiger partial charge in [0.25, 0.3) is 5.91 Å². The van der Waals surface area contributed by atoms with Gasteiger partial charge in [-0.15, -0.1) is 6.58 Å². The van der Waals surface area contributed by atoms with Crippen LogP contribution >= 0.6 is 0 Å². The summed E-state index contributed by atoms with van der Waals surface area (Å²) < 4.78 is 7.16. The summed E-state index contributed by atoms with van der Waals surface area (Å²) in [5, 5.41) is 14.8. The first kappa shape index (κ1) is 19.4. The van der Waals surface area contributed by atoms with E-state index in [2.05, 4.69) is 11.7 Å². The number of carbonyl (C=O) groups excluding carboxylic acids is 2. The fraction of sp³-hybridized carbons (Fsp3) is 0.632. The smallest absolute Gasteiger partial charge is 0.410 e. The van der Waals surface area contributed by atoms with Crippen molar-refractivity contribution in [3.63, 3.8) is 0 Å². The largest absolute Gasteiger partial charge is 0.444 e. The van der Waals surface area contributed by atoms with Gasteiger partial charge in [0.2, 0.25) is 0 Å². The van der Waals surface area contributed by atoms with Crippen molar-refractivity contribution in [1.29, 1.82) is 0 Å². The second-order valence-electron chi connectivity index (χ2n) is 8.28. The molecule has 0 saturated heterocycles. The molecule has 0 fully saturated rings. The molecule has 2 aliphatic rings. The molecule has 0 spiro atoms. The van der Waals surface area contributed by atoms with Crippen molar-refractivity contribution in [3.05, 3.63) is 29.6 Å². The first-order chi connectivity index (χ1) is 12.6. The molecule has 0 unspecified atom stereocenters. The first-order valence-corrected chi connectivity index (χ1v) is 9.23. The number of rotatable bonds is 2. The van der Waals surface area contributed by atoms with Crippen LogP contribution in [0.1, 0.15) is 42.5 Å². The number of hydrogen-bond donors (Lipinski definition) is 1. The minimum atomic E-state index is -0.717. The predicted molar refractivity (Wildman–Crippen MR) is 99.2 cm³/mol. The van der Waals surface area contributed by atoms with E-state index in [4.69, 9.17) is 4.74 Å². The average molecular weight is 376 g/mol. The van der Waals surface area contributed by atoms with Crippen LogP contribution in [0.4, 0.5) is 4.79 Å². The highest BCUT2D eigenvalue weighted by Crippen LogP contribution is 2.28. The summed E-state index contributed by atoms with van der Waals surface area (Å²) in [6.07, 6.45) is 0.954. The van der Waals surface area contributed by atoms with Gasteiger partial charge in [-0.25, -0.2) is 4.79 Å². The van der Waals surface area contributed by atoms with Gasteiger partial charge in [0.05, 0.1) is 18.3 Å². The van der Waals surface area contributed by atoms with Crippen molar-refractivity contribution < 1.29 is 19.4 Å². The van der Waals surface area contributed by atoms with Crippen LogP contribution in [0.15, 0.2) is 12.7 Å². The van der Waals surface area contributed by atoms with E-state index >= 15 is 0 Å². The SMILES string of the molecule is C=C[C@@H](O)[C@H]1CN(C)C(=O)c2c3c(nn2C1)CCN(C(=O)OC(C)(C)C)C3. The second kappa shape index (κ2) is 6.99. The molecule has 1 aromatic heterocycles. The van der Waals surface area contributed by atoms with Crippen molar-refractivity contribution in [1.82, 2.24) is 19.6 Å².